The van der Waals surface area contributed by atoms with E-state index in [1.807, 2.05) is 20.8 Å². The van der Waals surface area contributed by atoms with Crippen molar-refractivity contribution in [2.45, 2.75) is 51.2 Å². The lowest BCUT2D eigenvalue weighted by Gasteiger charge is -2.32. The van der Waals surface area contributed by atoms with Crippen LogP contribution in [0.4, 0.5) is 5.69 Å². The Bertz CT molecular complexity index is 1360. The number of halogens is 2. The first-order valence-corrected chi connectivity index (χ1v) is 14.7. The van der Waals surface area contributed by atoms with Gasteiger partial charge in [-0.25, -0.2) is 8.42 Å². The van der Waals surface area contributed by atoms with Crippen LogP contribution in [0.2, 0.25) is 5.02 Å². The molecule has 0 aliphatic carbocycles. The summed E-state index contributed by atoms with van der Waals surface area (Å²) in [6, 6.07) is 19.1. The molecule has 10 heteroatoms. The number of amides is 2. The molecular formula is C28H31BrClN3O4S. The fourth-order valence-corrected chi connectivity index (χ4v) is 5.55. The molecule has 0 saturated carbocycles. The van der Waals surface area contributed by atoms with Crippen LogP contribution in [0, 0.1) is 6.92 Å². The van der Waals surface area contributed by atoms with E-state index in [-0.39, 0.29) is 23.4 Å². The van der Waals surface area contributed by atoms with Crippen LogP contribution >= 0.6 is 27.5 Å². The highest BCUT2D eigenvalue weighted by Crippen LogP contribution is 2.26. The van der Waals surface area contributed by atoms with Gasteiger partial charge in [-0.1, -0.05) is 57.4 Å². The molecule has 2 amide bonds. The second kappa shape index (κ2) is 12.8. The van der Waals surface area contributed by atoms with Crippen LogP contribution in [-0.2, 0) is 26.2 Å². The van der Waals surface area contributed by atoms with Crippen molar-refractivity contribution < 1.29 is 18.0 Å². The molecule has 38 heavy (non-hydrogen) atoms. The normalized spacial score (nSPS) is 12.2. The minimum atomic E-state index is -4.10. The van der Waals surface area contributed by atoms with Gasteiger partial charge in [-0.15, -0.1) is 0 Å². The maximum Gasteiger partial charge on any atom is 0.264 e. The number of anilines is 1. The molecule has 0 aliphatic rings. The minimum Gasteiger partial charge on any atom is -0.352 e. The first kappa shape index (κ1) is 29.7. The van der Waals surface area contributed by atoms with Gasteiger partial charge in [0, 0.05) is 22.1 Å². The van der Waals surface area contributed by atoms with E-state index in [0.29, 0.717) is 10.7 Å². The van der Waals surface area contributed by atoms with Crippen LogP contribution in [0.15, 0.2) is 82.2 Å². The molecule has 3 aromatic rings. The van der Waals surface area contributed by atoms with Crippen molar-refractivity contribution in [3.63, 3.8) is 0 Å². The molecule has 202 valence electrons. The molecule has 0 heterocycles. The molecule has 0 unspecified atom stereocenters. The highest BCUT2D eigenvalue weighted by molar-refractivity contribution is 9.10. The van der Waals surface area contributed by atoms with Crippen LogP contribution in [0.1, 0.15) is 31.9 Å². The number of nitrogens with zero attached hydrogens (tertiary/aromatic N) is 2. The summed E-state index contributed by atoms with van der Waals surface area (Å²) in [5.41, 5.74) is 1.99. The molecule has 0 bridgehead atoms. The third-order valence-electron chi connectivity index (χ3n) is 5.87. The van der Waals surface area contributed by atoms with Crippen molar-refractivity contribution in [1.82, 2.24) is 10.2 Å². The number of nitrogens with one attached hydrogen (secondary N) is 1. The van der Waals surface area contributed by atoms with Crippen molar-refractivity contribution in [2.75, 3.05) is 10.8 Å². The Balaban J connectivity index is 2.02. The maximum absolute atomic E-state index is 13.8. The highest BCUT2D eigenvalue weighted by Gasteiger charge is 2.32. The van der Waals surface area contributed by atoms with Gasteiger partial charge >= 0.3 is 0 Å². The summed E-state index contributed by atoms with van der Waals surface area (Å²) in [7, 11) is -4.10. The molecule has 0 fully saturated rings. The lowest BCUT2D eigenvalue weighted by atomic mass is 10.1. The topological polar surface area (TPSA) is 86.8 Å². The largest absolute Gasteiger partial charge is 0.352 e. The summed E-state index contributed by atoms with van der Waals surface area (Å²) >= 11 is 9.40. The molecule has 0 saturated heterocycles. The van der Waals surface area contributed by atoms with E-state index in [2.05, 4.69) is 21.2 Å². The van der Waals surface area contributed by atoms with E-state index in [0.717, 1.165) is 19.9 Å². The Morgan fingerprint density at radius 1 is 0.921 bits per heavy atom. The van der Waals surface area contributed by atoms with Gasteiger partial charge in [0.2, 0.25) is 11.8 Å². The van der Waals surface area contributed by atoms with Crippen molar-refractivity contribution in [2.24, 2.45) is 0 Å². The monoisotopic (exact) mass is 619 g/mol. The summed E-state index contributed by atoms with van der Waals surface area (Å²) in [5.74, 6) is -0.858. The highest BCUT2D eigenvalue weighted by atomic mass is 79.9. The number of benzene rings is 3. The zero-order chi connectivity index (χ0) is 28.0. The average molecular weight is 621 g/mol. The van der Waals surface area contributed by atoms with Crippen molar-refractivity contribution >= 4 is 55.1 Å². The van der Waals surface area contributed by atoms with Gasteiger partial charge in [0.25, 0.3) is 10.0 Å². The third kappa shape index (κ3) is 7.58. The van der Waals surface area contributed by atoms with Crippen LogP contribution in [0.25, 0.3) is 0 Å². The smallest absolute Gasteiger partial charge is 0.264 e. The van der Waals surface area contributed by atoms with Gasteiger partial charge in [-0.05, 0) is 81.8 Å². The molecule has 7 nitrogen and oxygen atoms in total. The molecule has 0 radical (unpaired) electrons. The number of carbonyl (C=O) groups excluding carboxylic acids is 2. The average Bonchev–Trinajstić information content (AvgIpc) is 2.87. The Morgan fingerprint density at radius 2 is 1.50 bits per heavy atom. The van der Waals surface area contributed by atoms with Crippen molar-refractivity contribution in [3.8, 4) is 0 Å². The molecule has 0 spiro atoms. The van der Waals surface area contributed by atoms with Crippen LogP contribution < -0.4 is 9.62 Å². The van der Waals surface area contributed by atoms with Gasteiger partial charge in [-0.2, -0.15) is 0 Å². The second-order valence-electron chi connectivity index (χ2n) is 9.29. The van der Waals surface area contributed by atoms with E-state index in [9.17, 15) is 18.0 Å². The zero-order valence-electron chi connectivity index (χ0n) is 21.7. The first-order chi connectivity index (χ1) is 17.9. The zero-order valence-corrected chi connectivity index (χ0v) is 24.8. The Kier molecular flexibility index (Phi) is 9.98. The van der Waals surface area contributed by atoms with Gasteiger partial charge in [0.1, 0.15) is 12.6 Å². The minimum absolute atomic E-state index is 0.0636. The Labute approximate surface area is 238 Å². The molecule has 3 aromatic carbocycles. The predicted molar refractivity (Wildman–Crippen MR) is 155 cm³/mol. The van der Waals surface area contributed by atoms with E-state index in [4.69, 9.17) is 11.6 Å². The van der Waals surface area contributed by atoms with E-state index >= 15 is 0 Å². The predicted octanol–water partition coefficient (Wildman–Crippen LogP) is 5.55. The second-order valence-corrected chi connectivity index (χ2v) is 12.5. The first-order valence-electron chi connectivity index (χ1n) is 12.1. The number of rotatable bonds is 10. The Morgan fingerprint density at radius 3 is 2.05 bits per heavy atom. The number of carbonyl (C=O) groups is 2. The quantitative estimate of drug-likeness (QED) is 0.322. The van der Waals surface area contributed by atoms with Gasteiger partial charge < -0.3 is 10.2 Å². The number of hydrogen-bond donors (Lipinski definition) is 1. The summed E-state index contributed by atoms with van der Waals surface area (Å²) in [5, 5.41) is 3.38. The molecule has 3 rings (SSSR count). The maximum atomic E-state index is 13.8. The summed E-state index contributed by atoms with van der Waals surface area (Å²) in [4.78, 5) is 28.2. The van der Waals surface area contributed by atoms with Crippen molar-refractivity contribution in [3.05, 3.63) is 93.4 Å². The van der Waals surface area contributed by atoms with Crippen LogP contribution in [-0.4, -0.2) is 43.8 Å². The molecule has 1 N–H and O–H groups in total. The number of aryl methyl sites for hydroxylation is 1. The van der Waals surface area contributed by atoms with Crippen molar-refractivity contribution in [1.29, 1.82) is 0 Å². The van der Waals surface area contributed by atoms with Gasteiger partial charge in [0.15, 0.2) is 0 Å². The standard InChI is InChI=1S/C28H31BrClN3O4S/c1-19(2)31-28(35)21(4)32(17-22-7-11-24(30)12-8-22)27(34)18-33(25-13-9-23(29)10-14-25)38(36,37)26-15-5-20(3)6-16-26/h5-16,19,21H,17-18H2,1-4H3,(H,31,35)/t21-/m0/s1. The van der Waals surface area contributed by atoms with Crippen LogP contribution in [0.5, 0.6) is 0 Å². The fourth-order valence-electron chi connectivity index (χ4n) is 3.75. The summed E-state index contributed by atoms with van der Waals surface area (Å²) < 4.78 is 29.4. The lowest BCUT2D eigenvalue weighted by molar-refractivity contribution is -0.139. The van der Waals surface area contributed by atoms with Gasteiger partial charge in [-0.3, -0.25) is 13.9 Å². The molecular weight excluding hydrogens is 590 g/mol. The van der Waals surface area contributed by atoms with E-state index in [1.165, 1.54) is 17.0 Å². The summed E-state index contributed by atoms with van der Waals surface area (Å²) in [6.07, 6.45) is 0. The fraction of sp³-hybridized carbons (Fsp3) is 0.286. The third-order valence-corrected chi connectivity index (χ3v) is 8.44. The number of hydrogen-bond acceptors (Lipinski definition) is 4. The van der Waals surface area contributed by atoms with Gasteiger partial charge in [0.05, 0.1) is 10.6 Å². The lowest BCUT2D eigenvalue weighted by Crippen LogP contribution is -2.52. The van der Waals surface area contributed by atoms with E-state index < -0.39 is 28.5 Å². The SMILES string of the molecule is Cc1ccc(S(=O)(=O)N(CC(=O)N(Cc2ccc(Cl)cc2)[C@@H](C)C(=O)NC(C)C)c2ccc(Br)cc2)cc1. The van der Waals surface area contributed by atoms with Crippen LogP contribution in [0.3, 0.4) is 0 Å². The molecule has 0 aromatic heterocycles. The molecule has 1 atom stereocenters. The molecule has 0 aliphatic heterocycles. The number of sulfonamides is 1. The summed E-state index contributed by atoms with van der Waals surface area (Å²) in [6.45, 7) is 6.76. The van der Waals surface area contributed by atoms with E-state index in [1.54, 1.807) is 67.6 Å². The Hall–Kier alpha value is -2.88.